The van der Waals surface area contributed by atoms with E-state index in [1.165, 1.54) is 48.5 Å². The van der Waals surface area contributed by atoms with E-state index in [4.69, 9.17) is 0 Å². The summed E-state index contributed by atoms with van der Waals surface area (Å²) in [5.74, 6) is -0.708. The van der Waals surface area contributed by atoms with E-state index in [1.54, 1.807) is 6.07 Å². The third-order valence-electron chi connectivity index (χ3n) is 2.98. The summed E-state index contributed by atoms with van der Waals surface area (Å²) in [7, 11) is 1.47. The summed E-state index contributed by atoms with van der Waals surface area (Å²) in [6.45, 7) is -2.76. The molecular weight excluding hydrogens is 295 g/mol. The van der Waals surface area contributed by atoms with Crippen LogP contribution < -0.4 is 0 Å². The minimum Gasteiger partial charge on any atom is -0.335 e. The molecule has 2 aromatic rings. The van der Waals surface area contributed by atoms with Gasteiger partial charge in [-0.3, -0.25) is 9.36 Å². The van der Waals surface area contributed by atoms with Crippen LogP contribution >= 0.6 is 0 Å². The van der Waals surface area contributed by atoms with Crippen LogP contribution in [0.5, 0.6) is 0 Å². The SMILES string of the molecule is CN(Cc1nccn1C(F)F)C(=O)C=Cc1cccc(F)c1. The minimum atomic E-state index is -2.70. The smallest absolute Gasteiger partial charge is 0.319 e. The van der Waals surface area contributed by atoms with Gasteiger partial charge in [0.2, 0.25) is 5.91 Å². The number of halogens is 3. The van der Waals surface area contributed by atoms with Crippen molar-refractivity contribution in [1.82, 2.24) is 14.5 Å². The van der Waals surface area contributed by atoms with Crippen LogP contribution in [0.4, 0.5) is 13.2 Å². The van der Waals surface area contributed by atoms with Crippen LogP contribution in [0, 0.1) is 5.82 Å². The van der Waals surface area contributed by atoms with Gasteiger partial charge in [-0.15, -0.1) is 0 Å². The highest BCUT2D eigenvalue weighted by molar-refractivity contribution is 5.91. The third-order valence-corrected chi connectivity index (χ3v) is 2.98. The molecule has 1 heterocycles. The van der Waals surface area contributed by atoms with Gasteiger partial charge in [0.25, 0.3) is 0 Å². The Bertz CT molecular complexity index is 682. The number of imidazole rings is 1. The fourth-order valence-corrected chi connectivity index (χ4v) is 1.84. The zero-order valence-electron chi connectivity index (χ0n) is 11.8. The highest BCUT2D eigenvalue weighted by Crippen LogP contribution is 2.13. The van der Waals surface area contributed by atoms with Gasteiger partial charge in [0.05, 0.1) is 6.54 Å². The van der Waals surface area contributed by atoms with Gasteiger partial charge < -0.3 is 4.90 Å². The monoisotopic (exact) mass is 309 g/mol. The number of carbonyl (C=O) groups is 1. The van der Waals surface area contributed by atoms with Crippen molar-refractivity contribution in [2.24, 2.45) is 0 Å². The molecule has 0 fully saturated rings. The van der Waals surface area contributed by atoms with Crippen molar-refractivity contribution in [1.29, 1.82) is 0 Å². The van der Waals surface area contributed by atoms with Crippen molar-refractivity contribution >= 4 is 12.0 Å². The van der Waals surface area contributed by atoms with E-state index in [2.05, 4.69) is 4.98 Å². The Balaban J connectivity index is 2.01. The van der Waals surface area contributed by atoms with Crippen LogP contribution in [0.15, 0.2) is 42.7 Å². The molecule has 7 heteroatoms. The number of hydrogen-bond acceptors (Lipinski definition) is 2. The number of alkyl halides is 2. The van der Waals surface area contributed by atoms with E-state index in [0.717, 1.165) is 6.20 Å². The van der Waals surface area contributed by atoms with Gasteiger partial charge in [0.1, 0.15) is 11.6 Å². The molecule has 0 N–H and O–H groups in total. The van der Waals surface area contributed by atoms with Crippen molar-refractivity contribution in [2.75, 3.05) is 7.05 Å². The van der Waals surface area contributed by atoms with E-state index in [1.807, 2.05) is 0 Å². The van der Waals surface area contributed by atoms with Crippen molar-refractivity contribution in [3.05, 3.63) is 59.9 Å². The number of rotatable bonds is 5. The van der Waals surface area contributed by atoms with Gasteiger partial charge in [0, 0.05) is 25.5 Å². The Morgan fingerprint density at radius 2 is 2.23 bits per heavy atom. The van der Waals surface area contributed by atoms with Crippen molar-refractivity contribution in [3.63, 3.8) is 0 Å². The summed E-state index contributed by atoms with van der Waals surface area (Å²) >= 11 is 0. The Hall–Kier alpha value is -2.57. The molecule has 1 amide bonds. The zero-order chi connectivity index (χ0) is 16.1. The first-order chi connectivity index (χ1) is 10.5. The number of hydrogen-bond donors (Lipinski definition) is 0. The van der Waals surface area contributed by atoms with E-state index >= 15 is 0 Å². The fraction of sp³-hybridized carbons (Fsp3) is 0.200. The molecule has 0 unspecified atom stereocenters. The summed E-state index contributed by atoms with van der Waals surface area (Å²) in [6.07, 6.45) is 5.12. The van der Waals surface area contributed by atoms with Gasteiger partial charge in [-0.1, -0.05) is 12.1 Å². The van der Waals surface area contributed by atoms with E-state index in [0.29, 0.717) is 10.1 Å². The van der Waals surface area contributed by atoms with Gasteiger partial charge in [-0.25, -0.2) is 9.37 Å². The molecule has 0 spiro atoms. The van der Waals surface area contributed by atoms with Crippen molar-refractivity contribution < 1.29 is 18.0 Å². The summed E-state index contributed by atoms with van der Waals surface area (Å²) < 4.78 is 39.1. The second-order valence-corrected chi connectivity index (χ2v) is 4.61. The van der Waals surface area contributed by atoms with E-state index in [-0.39, 0.29) is 12.4 Å². The van der Waals surface area contributed by atoms with E-state index < -0.39 is 18.3 Å². The molecule has 4 nitrogen and oxygen atoms in total. The summed E-state index contributed by atoms with van der Waals surface area (Å²) in [4.78, 5) is 17.0. The Kier molecular flexibility index (Phi) is 4.98. The quantitative estimate of drug-likeness (QED) is 0.796. The maximum Gasteiger partial charge on any atom is 0.319 e. The second kappa shape index (κ2) is 6.93. The second-order valence-electron chi connectivity index (χ2n) is 4.61. The zero-order valence-corrected chi connectivity index (χ0v) is 11.8. The number of benzene rings is 1. The standard InChI is InChI=1S/C15H14F3N3O/c1-20(10-13-19-7-8-21(13)15(17)18)14(22)6-5-11-3-2-4-12(16)9-11/h2-9,15H,10H2,1H3. The Labute approximate surface area is 125 Å². The first-order valence-corrected chi connectivity index (χ1v) is 6.46. The lowest BCUT2D eigenvalue weighted by Gasteiger charge is -2.15. The molecule has 0 aliphatic carbocycles. The van der Waals surface area contributed by atoms with Crippen LogP contribution in [0.25, 0.3) is 6.08 Å². The third kappa shape index (κ3) is 3.97. The molecule has 1 aromatic heterocycles. The van der Waals surface area contributed by atoms with Crippen LogP contribution in [0.2, 0.25) is 0 Å². The number of likely N-dealkylation sites (N-methyl/N-ethyl adjacent to an activating group) is 1. The van der Waals surface area contributed by atoms with Gasteiger partial charge in [0.15, 0.2) is 0 Å². The molecule has 0 saturated heterocycles. The topological polar surface area (TPSA) is 38.1 Å². The summed E-state index contributed by atoms with van der Waals surface area (Å²) in [5.41, 5.74) is 0.538. The number of nitrogens with zero attached hydrogens (tertiary/aromatic N) is 3. The normalized spacial score (nSPS) is 11.3. The average molecular weight is 309 g/mol. The Morgan fingerprint density at radius 3 is 2.91 bits per heavy atom. The first kappa shape index (κ1) is 15.8. The van der Waals surface area contributed by atoms with Crippen LogP contribution in [0.1, 0.15) is 17.9 Å². The molecule has 1 aromatic carbocycles. The van der Waals surface area contributed by atoms with Crippen LogP contribution in [0.3, 0.4) is 0 Å². The molecule has 0 saturated carbocycles. The molecular formula is C15H14F3N3O. The van der Waals surface area contributed by atoms with Crippen molar-refractivity contribution in [3.8, 4) is 0 Å². The predicted octanol–water partition coefficient (Wildman–Crippen LogP) is 3.09. The van der Waals surface area contributed by atoms with Gasteiger partial charge >= 0.3 is 6.55 Å². The fourth-order valence-electron chi connectivity index (χ4n) is 1.84. The molecule has 22 heavy (non-hydrogen) atoms. The lowest BCUT2D eigenvalue weighted by Crippen LogP contribution is -2.26. The Morgan fingerprint density at radius 1 is 1.45 bits per heavy atom. The molecule has 0 bridgehead atoms. The average Bonchev–Trinajstić information content (AvgIpc) is 2.93. The maximum atomic E-state index is 13.0. The molecule has 0 atom stereocenters. The molecule has 0 aliphatic rings. The van der Waals surface area contributed by atoms with Gasteiger partial charge in [-0.05, 0) is 23.8 Å². The first-order valence-electron chi connectivity index (χ1n) is 6.46. The maximum absolute atomic E-state index is 13.0. The van der Waals surface area contributed by atoms with Crippen LogP contribution in [-0.4, -0.2) is 27.4 Å². The lowest BCUT2D eigenvalue weighted by atomic mass is 10.2. The summed E-state index contributed by atoms with van der Waals surface area (Å²) in [6, 6.07) is 5.77. The van der Waals surface area contributed by atoms with E-state index in [9.17, 15) is 18.0 Å². The lowest BCUT2D eigenvalue weighted by molar-refractivity contribution is -0.125. The highest BCUT2D eigenvalue weighted by atomic mass is 19.3. The summed E-state index contributed by atoms with van der Waals surface area (Å²) in [5, 5.41) is 0. The largest absolute Gasteiger partial charge is 0.335 e. The number of carbonyl (C=O) groups excluding carboxylic acids is 1. The van der Waals surface area contributed by atoms with Crippen LogP contribution in [-0.2, 0) is 11.3 Å². The number of aromatic nitrogens is 2. The van der Waals surface area contributed by atoms with Crippen molar-refractivity contribution in [2.45, 2.75) is 13.1 Å². The predicted molar refractivity (Wildman–Crippen MR) is 75.4 cm³/mol. The molecule has 0 aliphatic heterocycles. The van der Waals surface area contributed by atoms with Gasteiger partial charge in [-0.2, -0.15) is 8.78 Å². The number of amides is 1. The minimum absolute atomic E-state index is 0.0519. The highest BCUT2D eigenvalue weighted by Gasteiger charge is 2.14. The molecule has 2 rings (SSSR count). The molecule has 0 radical (unpaired) electrons. The molecule has 116 valence electrons.